The molecule has 0 amide bonds. The van der Waals surface area contributed by atoms with Gasteiger partial charge in [0.15, 0.2) is 5.65 Å². The molecule has 0 aliphatic heterocycles. The molecule has 2 aromatic heterocycles. The van der Waals surface area contributed by atoms with E-state index in [4.69, 9.17) is 10.8 Å². The van der Waals surface area contributed by atoms with Crippen LogP contribution in [0.1, 0.15) is 5.56 Å². The number of nitrogens with one attached hydrogen (secondary N) is 1. The third kappa shape index (κ3) is 2.08. The van der Waals surface area contributed by atoms with Crippen molar-refractivity contribution < 1.29 is 5.11 Å². The minimum absolute atomic E-state index is 0.0162. The molecule has 0 fully saturated rings. The second kappa shape index (κ2) is 4.96. The van der Waals surface area contributed by atoms with Crippen molar-refractivity contribution >= 4 is 22.2 Å². The molecule has 6 heteroatoms. The van der Waals surface area contributed by atoms with Gasteiger partial charge in [0.2, 0.25) is 0 Å². The van der Waals surface area contributed by atoms with Gasteiger partial charge in [0.25, 0.3) is 0 Å². The van der Waals surface area contributed by atoms with Crippen LogP contribution in [0.25, 0.3) is 27.7 Å². The van der Waals surface area contributed by atoms with Crippen molar-refractivity contribution in [1.29, 1.82) is 0 Å². The van der Waals surface area contributed by atoms with Gasteiger partial charge < -0.3 is 10.8 Å². The van der Waals surface area contributed by atoms with Crippen LogP contribution in [-0.4, -0.2) is 19.7 Å². The number of aromatic nitrogens is 3. The molecule has 23 heavy (non-hydrogen) atoms. The maximum Gasteiger partial charge on any atom is 0.348 e. The molecule has 0 spiro atoms. The summed E-state index contributed by atoms with van der Waals surface area (Å²) in [6.07, 6.45) is 0. The normalized spacial score (nSPS) is 11.3. The van der Waals surface area contributed by atoms with Gasteiger partial charge in [-0.25, -0.2) is 14.3 Å². The smallest absolute Gasteiger partial charge is 0.348 e. The van der Waals surface area contributed by atoms with E-state index < -0.39 is 0 Å². The number of hydrogen-bond acceptors (Lipinski definition) is 4. The molecule has 0 radical (unpaired) electrons. The molecule has 2 aromatic carbocycles. The molecular formula is C17H14N4O2. The highest BCUT2D eigenvalue weighted by Gasteiger charge is 2.10. The van der Waals surface area contributed by atoms with Gasteiger partial charge in [0, 0.05) is 5.39 Å². The molecule has 114 valence electrons. The maximum absolute atomic E-state index is 12.0. The molecule has 6 nitrogen and oxygen atoms in total. The number of aliphatic hydroxyl groups excluding tert-OH is 1. The number of fused-ring (bicyclic) bond motifs is 3. The topological polar surface area (TPSA) is 96.4 Å². The Morgan fingerprint density at radius 3 is 2.57 bits per heavy atom. The van der Waals surface area contributed by atoms with Crippen LogP contribution in [0.15, 0.2) is 53.3 Å². The number of hydrogen-bond donors (Lipinski definition) is 3. The Morgan fingerprint density at radius 2 is 1.83 bits per heavy atom. The predicted molar refractivity (Wildman–Crippen MR) is 89.1 cm³/mol. The van der Waals surface area contributed by atoms with Gasteiger partial charge in [-0.3, -0.25) is 0 Å². The number of aliphatic hydroxyl groups is 1. The Morgan fingerprint density at radius 1 is 1.09 bits per heavy atom. The van der Waals surface area contributed by atoms with Crippen molar-refractivity contribution in [2.75, 3.05) is 5.73 Å². The third-order valence-corrected chi connectivity index (χ3v) is 3.98. The second-order valence-electron chi connectivity index (χ2n) is 5.42. The molecule has 0 saturated heterocycles. The van der Waals surface area contributed by atoms with Gasteiger partial charge in [0.05, 0.1) is 17.8 Å². The highest BCUT2D eigenvalue weighted by atomic mass is 16.3. The average Bonchev–Trinajstić information content (AvgIpc) is 2.98. The molecule has 0 aliphatic rings. The van der Waals surface area contributed by atoms with Gasteiger partial charge in [-0.15, -0.1) is 0 Å². The van der Waals surface area contributed by atoms with E-state index in [1.165, 1.54) is 4.40 Å². The van der Waals surface area contributed by atoms with Crippen LogP contribution in [0.5, 0.6) is 0 Å². The number of nitrogens with two attached hydrogens (primary N) is 1. The molecule has 2 heterocycles. The van der Waals surface area contributed by atoms with Gasteiger partial charge in [-0.2, -0.15) is 5.10 Å². The highest BCUT2D eigenvalue weighted by molar-refractivity contribution is 5.90. The summed E-state index contributed by atoms with van der Waals surface area (Å²) in [6.45, 7) is 0.0162. The van der Waals surface area contributed by atoms with Gasteiger partial charge >= 0.3 is 5.69 Å². The monoisotopic (exact) mass is 306 g/mol. The zero-order chi connectivity index (χ0) is 16.0. The van der Waals surface area contributed by atoms with Crippen molar-refractivity contribution in [3.63, 3.8) is 0 Å². The Hall–Kier alpha value is -3.12. The van der Waals surface area contributed by atoms with Crippen LogP contribution in [0.3, 0.4) is 0 Å². The standard InChI is InChI=1S/C17H14N4O2/c18-14-7-13-6-5-12(11-3-1-10(9-22)2-4-11)8-15(13)21-16(14)19-20-17(21)23/h1-8,22H,9,18H2,(H,20,23). The summed E-state index contributed by atoms with van der Waals surface area (Å²) < 4.78 is 1.48. The summed E-state index contributed by atoms with van der Waals surface area (Å²) in [5.74, 6) is 0. The number of rotatable bonds is 2. The molecule has 0 atom stereocenters. The number of anilines is 1. The van der Waals surface area contributed by atoms with Crippen molar-refractivity contribution in [2.45, 2.75) is 6.61 Å². The minimum Gasteiger partial charge on any atom is -0.396 e. The maximum atomic E-state index is 12.0. The summed E-state index contributed by atoms with van der Waals surface area (Å²) in [5, 5.41) is 16.4. The molecule has 4 N–H and O–H groups in total. The van der Waals surface area contributed by atoms with E-state index in [0.29, 0.717) is 11.3 Å². The van der Waals surface area contributed by atoms with Crippen molar-refractivity contribution in [3.8, 4) is 11.1 Å². The van der Waals surface area contributed by atoms with Crippen LogP contribution in [0.2, 0.25) is 0 Å². The largest absolute Gasteiger partial charge is 0.396 e. The van der Waals surface area contributed by atoms with Crippen molar-refractivity contribution in [2.24, 2.45) is 0 Å². The summed E-state index contributed by atoms with van der Waals surface area (Å²) in [5.41, 5.74) is 10.1. The minimum atomic E-state index is -0.315. The number of pyridine rings is 1. The van der Waals surface area contributed by atoms with Crippen LogP contribution < -0.4 is 11.4 Å². The first kappa shape index (κ1) is 13.5. The Labute approximate surface area is 130 Å². The van der Waals surface area contributed by atoms with E-state index in [9.17, 15) is 4.79 Å². The summed E-state index contributed by atoms with van der Waals surface area (Å²) in [4.78, 5) is 12.0. The summed E-state index contributed by atoms with van der Waals surface area (Å²) >= 11 is 0. The molecule has 0 saturated carbocycles. The molecule has 0 bridgehead atoms. The van der Waals surface area contributed by atoms with E-state index in [1.807, 2.05) is 48.5 Å². The first-order chi connectivity index (χ1) is 11.2. The zero-order valence-electron chi connectivity index (χ0n) is 12.2. The lowest BCUT2D eigenvalue weighted by Crippen LogP contribution is -2.10. The molecule has 0 unspecified atom stereocenters. The summed E-state index contributed by atoms with van der Waals surface area (Å²) in [7, 11) is 0. The van der Waals surface area contributed by atoms with Crippen molar-refractivity contribution in [3.05, 3.63) is 64.6 Å². The predicted octanol–water partition coefficient (Wildman–Crippen LogP) is 1.92. The number of nitrogens with zero attached hydrogens (tertiary/aromatic N) is 2. The first-order valence-corrected chi connectivity index (χ1v) is 7.17. The number of aromatic amines is 1. The SMILES string of the molecule is Nc1cc2ccc(-c3ccc(CO)cc3)cc2n2c(=O)[nH]nc12. The quantitative estimate of drug-likeness (QED) is 0.527. The van der Waals surface area contributed by atoms with E-state index in [1.54, 1.807) is 0 Å². The van der Waals surface area contributed by atoms with E-state index >= 15 is 0 Å². The Balaban J connectivity index is 1.99. The fraction of sp³-hybridized carbons (Fsp3) is 0.0588. The lowest BCUT2D eigenvalue weighted by atomic mass is 10.0. The third-order valence-electron chi connectivity index (χ3n) is 3.98. The van der Waals surface area contributed by atoms with Gasteiger partial charge in [-0.05, 0) is 28.8 Å². The number of H-pyrrole nitrogens is 1. The fourth-order valence-electron chi connectivity index (χ4n) is 2.79. The zero-order valence-corrected chi connectivity index (χ0v) is 12.2. The van der Waals surface area contributed by atoms with Crippen LogP contribution in [-0.2, 0) is 6.61 Å². The van der Waals surface area contributed by atoms with E-state index in [-0.39, 0.29) is 12.3 Å². The van der Waals surface area contributed by atoms with Crippen molar-refractivity contribution in [1.82, 2.24) is 14.6 Å². The lowest BCUT2D eigenvalue weighted by Gasteiger charge is -2.07. The first-order valence-electron chi connectivity index (χ1n) is 7.17. The number of nitrogen functional groups attached to an aromatic ring is 1. The molecule has 4 aromatic rings. The Kier molecular flexibility index (Phi) is 2.92. The molecule has 4 rings (SSSR count). The van der Waals surface area contributed by atoms with Crippen LogP contribution in [0.4, 0.5) is 5.69 Å². The Bertz CT molecular complexity index is 1080. The average molecular weight is 306 g/mol. The van der Waals surface area contributed by atoms with Crippen LogP contribution >= 0.6 is 0 Å². The number of benzene rings is 2. The van der Waals surface area contributed by atoms with Crippen LogP contribution in [0, 0.1) is 0 Å². The van der Waals surface area contributed by atoms with Gasteiger partial charge in [0.1, 0.15) is 0 Å². The van der Waals surface area contributed by atoms with Gasteiger partial charge in [-0.1, -0.05) is 36.4 Å². The lowest BCUT2D eigenvalue weighted by molar-refractivity contribution is 0.282. The molecule has 0 aliphatic carbocycles. The fourth-order valence-corrected chi connectivity index (χ4v) is 2.79. The van der Waals surface area contributed by atoms with E-state index in [2.05, 4.69) is 10.2 Å². The summed E-state index contributed by atoms with van der Waals surface area (Å²) in [6, 6.07) is 15.3. The highest BCUT2D eigenvalue weighted by Crippen LogP contribution is 2.27. The molecular weight excluding hydrogens is 292 g/mol. The second-order valence-corrected chi connectivity index (χ2v) is 5.42. The van der Waals surface area contributed by atoms with E-state index in [0.717, 1.165) is 27.6 Å².